The van der Waals surface area contributed by atoms with E-state index in [0.29, 0.717) is 0 Å². The van der Waals surface area contributed by atoms with Crippen molar-refractivity contribution in [2.75, 3.05) is 23.7 Å². The summed E-state index contributed by atoms with van der Waals surface area (Å²) >= 11 is 1.33. The highest BCUT2D eigenvalue weighted by molar-refractivity contribution is 8.14. The molecule has 4 nitrogen and oxygen atoms in total. The fourth-order valence-corrected chi connectivity index (χ4v) is 3.89. The third-order valence-corrected chi connectivity index (χ3v) is 5.25. The Bertz CT molecular complexity index is 512. The average Bonchev–Trinajstić information content (AvgIpc) is 2.93. The van der Waals surface area contributed by atoms with Crippen LogP contribution in [-0.4, -0.2) is 35.9 Å². The smallest absolute Gasteiger partial charge is 0.223 e. The molecule has 0 saturated carbocycles. The fraction of sp³-hybridized carbons (Fsp3) is 0.500. The van der Waals surface area contributed by atoms with Crippen molar-refractivity contribution < 1.29 is 9.59 Å². The van der Waals surface area contributed by atoms with Gasteiger partial charge in [0, 0.05) is 30.4 Å². The number of nitrogens with one attached hydrogen (secondary N) is 1. The zero-order chi connectivity index (χ0) is 14.7. The first kappa shape index (κ1) is 14.4. The third-order valence-electron chi connectivity index (χ3n) is 4.24. The summed E-state index contributed by atoms with van der Waals surface area (Å²) in [4.78, 5) is 26.1. The fourth-order valence-electron chi connectivity index (χ4n) is 2.96. The van der Waals surface area contributed by atoms with Crippen LogP contribution in [0, 0.1) is 5.92 Å². The van der Waals surface area contributed by atoms with E-state index in [1.807, 2.05) is 18.2 Å². The molecule has 3 rings (SSSR count). The van der Waals surface area contributed by atoms with Crippen LogP contribution in [0.1, 0.15) is 19.3 Å². The van der Waals surface area contributed by atoms with E-state index in [1.165, 1.54) is 17.4 Å². The highest BCUT2D eigenvalue weighted by atomic mass is 32.2. The van der Waals surface area contributed by atoms with Crippen molar-refractivity contribution in [3.8, 4) is 0 Å². The number of piperidine rings is 1. The number of benzene rings is 1. The van der Waals surface area contributed by atoms with Gasteiger partial charge in [0.15, 0.2) is 0 Å². The van der Waals surface area contributed by atoms with Crippen LogP contribution in [-0.2, 0) is 9.59 Å². The molecule has 2 aliphatic heterocycles. The van der Waals surface area contributed by atoms with Crippen LogP contribution in [0.5, 0.6) is 0 Å². The second kappa shape index (κ2) is 6.52. The van der Waals surface area contributed by atoms with Crippen LogP contribution in [0.2, 0.25) is 0 Å². The maximum Gasteiger partial charge on any atom is 0.223 e. The molecule has 2 aliphatic rings. The first-order valence-corrected chi connectivity index (χ1v) is 8.49. The Balaban J connectivity index is 1.51. The summed E-state index contributed by atoms with van der Waals surface area (Å²) in [6, 6.07) is 10.0. The van der Waals surface area contributed by atoms with E-state index in [-0.39, 0.29) is 23.0 Å². The van der Waals surface area contributed by atoms with Gasteiger partial charge in [-0.15, -0.1) is 0 Å². The molecule has 1 amide bonds. The largest absolute Gasteiger partial charge is 0.371 e. The summed E-state index contributed by atoms with van der Waals surface area (Å²) in [6.45, 7) is 1.80. The molecule has 1 atom stereocenters. The predicted octanol–water partition coefficient (Wildman–Crippen LogP) is 2.05. The van der Waals surface area contributed by atoms with Gasteiger partial charge in [0.2, 0.25) is 11.0 Å². The topological polar surface area (TPSA) is 49.4 Å². The molecular weight excluding hydrogens is 284 g/mol. The minimum atomic E-state index is -0.255. The molecule has 2 fully saturated rings. The van der Waals surface area contributed by atoms with Gasteiger partial charge < -0.3 is 10.2 Å². The molecule has 1 aromatic carbocycles. The molecular formula is C16H20N2O2S. The Labute approximate surface area is 129 Å². The molecule has 5 heteroatoms. The Morgan fingerprint density at radius 2 is 1.86 bits per heavy atom. The third kappa shape index (κ3) is 3.40. The molecule has 21 heavy (non-hydrogen) atoms. The average molecular weight is 304 g/mol. The van der Waals surface area contributed by atoms with Gasteiger partial charge in [-0.25, -0.2) is 0 Å². The Morgan fingerprint density at radius 3 is 2.48 bits per heavy atom. The van der Waals surface area contributed by atoms with Crippen LogP contribution in [0.25, 0.3) is 0 Å². The van der Waals surface area contributed by atoms with Crippen molar-refractivity contribution in [2.24, 2.45) is 5.92 Å². The van der Waals surface area contributed by atoms with Crippen LogP contribution in [0.4, 0.5) is 5.69 Å². The van der Waals surface area contributed by atoms with Gasteiger partial charge in [-0.3, -0.25) is 9.59 Å². The van der Waals surface area contributed by atoms with E-state index in [2.05, 4.69) is 22.3 Å². The molecule has 0 aliphatic carbocycles. The van der Waals surface area contributed by atoms with Gasteiger partial charge in [-0.05, 0) is 31.4 Å². The van der Waals surface area contributed by atoms with Crippen molar-refractivity contribution in [3.63, 3.8) is 0 Å². The monoisotopic (exact) mass is 304 g/mol. The maximum absolute atomic E-state index is 12.3. The molecule has 2 heterocycles. The normalized spacial score (nSPS) is 23.3. The van der Waals surface area contributed by atoms with E-state index in [4.69, 9.17) is 0 Å². The Morgan fingerprint density at radius 1 is 1.14 bits per heavy atom. The SMILES string of the molecule is O=C(NC1CCSC1=O)C1CCN(c2ccccc2)CC1. The Hall–Kier alpha value is -1.49. The highest BCUT2D eigenvalue weighted by Gasteiger charge is 2.31. The van der Waals surface area contributed by atoms with Gasteiger partial charge in [0.1, 0.15) is 0 Å². The summed E-state index contributed by atoms with van der Waals surface area (Å²) in [6.07, 6.45) is 2.49. The number of hydrogen-bond donors (Lipinski definition) is 1. The molecule has 0 bridgehead atoms. The lowest BCUT2D eigenvalue weighted by Gasteiger charge is -2.33. The second-order valence-corrected chi connectivity index (χ2v) is 6.71. The number of amides is 1. The quantitative estimate of drug-likeness (QED) is 0.928. The molecule has 112 valence electrons. The number of carbonyl (C=O) groups excluding carboxylic acids is 2. The predicted molar refractivity (Wildman–Crippen MR) is 85.4 cm³/mol. The summed E-state index contributed by atoms with van der Waals surface area (Å²) in [5.41, 5.74) is 1.22. The molecule has 2 saturated heterocycles. The molecule has 1 aromatic rings. The number of hydrogen-bond acceptors (Lipinski definition) is 4. The zero-order valence-electron chi connectivity index (χ0n) is 12.0. The first-order valence-electron chi connectivity index (χ1n) is 7.51. The number of anilines is 1. The van der Waals surface area contributed by atoms with E-state index < -0.39 is 0 Å². The van der Waals surface area contributed by atoms with Crippen molar-refractivity contribution in [1.29, 1.82) is 0 Å². The Kier molecular flexibility index (Phi) is 4.48. The van der Waals surface area contributed by atoms with E-state index in [9.17, 15) is 9.59 Å². The minimum Gasteiger partial charge on any atom is -0.371 e. The number of carbonyl (C=O) groups is 2. The second-order valence-electron chi connectivity index (χ2n) is 5.61. The number of rotatable bonds is 3. The summed E-state index contributed by atoms with van der Waals surface area (Å²) < 4.78 is 0. The molecule has 1 unspecified atom stereocenters. The summed E-state index contributed by atoms with van der Waals surface area (Å²) in [5.74, 6) is 0.933. The van der Waals surface area contributed by atoms with Crippen LogP contribution >= 0.6 is 11.8 Å². The van der Waals surface area contributed by atoms with Crippen LogP contribution < -0.4 is 10.2 Å². The van der Waals surface area contributed by atoms with E-state index in [0.717, 1.165) is 38.1 Å². The van der Waals surface area contributed by atoms with Crippen molar-refractivity contribution in [3.05, 3.63) is 30.3 Å². The highest BCUT2D eigenvalue weighted by Crippen LogP contribution is 2.24. The molecule has 0 aromatic heterocycles. The lowest BCUT2D eigenvalue weighted by Crippen LogP contribution is -2.45. The van der Waals surface area contributed by atoms with Gasteiger partial charge in [0.25, 0.3) is 0 Å². The molecule has 1 N–H and O–H groups in total. The summed E-state index contributed by atoms with van der Waals surface area (Å²) in [7, 11) is 0. The van der Waals surface area contributed by atoms with Gasteiger partial charge in [0.05, 0.1) is 6.04 Å². The van der Waals surface area contributed by atoms with E-state index in [1.54, 1.807) is 0 Å². The van der Waals surface area contributed by atoms with Crippen molar-refractivity contribution in [2.45, 2.75) is 25.3 Å². The number of thioether (sulfide) groups is 1. The lowest BCUT2D eigenvalue weighted by atomic mass is 9.95. The van der Waals surface area contributed by atoms with Crippen molar-refractivity contribution >= 4 is 28.5 Å². The minimum absolute atomic E-state index is 0.0448. The van der Waals surface area contributed by atoms with Crippen molar-refractivity contribution in [1.82, 2.24) is 5.32 Å². The van der Waals surface area contributed by atoms with Gasteiger partial charge >= 0.3 is 0 Å². The lowest BCUT2D eigenvalue weighted by molar-refractivity contribution is -0.128. The van der Waals surface area contributed by atoms with Crippen LogP contribution in [0.3, 0.4) is 0 Å². The van der Waals surface area contributed by atoms with E-state index >= 15 is 0 Å². The number of nitrogens with zero attached hydrogens (tertiary/aromatic N) is 1. The standard InChI is InChI=1S/C16H20N2O2S/c19-15(17-14-8-11-21-16(14)20)12-6-9-18(10-7-12)13-4-2-1-3-5-13/h1-5,12,14H,6-11H2,(H,17,19). The maximum atomic E-state index is 12.3. The van der Waals surface area contributed by atoms with Gasteiger partial charge in [-0.2, -0.15) is 0 Å². The molecule has 0 spiro atoms. The summed E-state index contributed by atoms with van der Waals surface area (Å²) in [5, 5.41) is 3.04. The van der Waals surface area contributed by atoms with Gasteiger partial charge in [-0.1, -0.05) is 30.0 Å². The number of para-hydroxylation sites is 1. The molecule has 0 radical (unpaired) electrons. The zero-order valence-corrected chi connectivity index (χ0v) is 12.8. The first-order chi connectivity index (χ1) is 10.2. The van der Waals surface area contributed by atoms with Crippen LogP contribution in [0.15, 0.2) is 30.3 Å².